The van der Waals surface area contributed by atoms with Crippen LogP contribution in [0.2, 0.25) is 0 Å². The highest BCUT2D eigenvalue weighted by molar-refractivity contribution is 6.06. The van der Waals surface area contributed by atoms with E-state index in [2.05, 4.69) is 13.2 Å². The molecule has 0 aromatic rings. The number of amides is 3. The molecule has 0 aromatic carbocycles. The van der Waals surface area contributed by atoms with Crippen LogP contribution in [0.5, 0.6) is 0 Å². The van der Waals surface area contributed by atoms with Gasteiger partial charge in [-0.25, -0.2) is 4.79 Å². The van der Waals surface area contributed by atoms with Crippen LogP contribution in [0.25, 0.3) is 0 Å². The maximum absolute atomic E-state index is 12.3. The molecule has 2 rings (SSSR count). The molecule has 1 aliphatic carbocycles. The van der Waals surface area contributed by atoms with Crippen LogP contribution in [-0.4, -0.2) is 40.9 Å². The Kier molecular flexibility index (Phi) is 3.84. The highest BCUT2D eigenvalue weighted by atomic mass is 16.2. The molecule has 0 N–H and O–H groups in total. The van der Waals surface area contributed by atoms with Gasteiger partial charge in [-0.2, -0.15) is 0 Å². The van der Waals surface area contributed by atoms with Crippen LogP contribution in [0.4, 0.5) is 4.79 Å². The molecule has 1 aliphatic heterocycles. The summed E-state index contributed by atoms with van der Waals surface area (Å²) in [6, 6.07) is -0.123. The smallest absolute Gasteiger partial charge is 0.316 e. The van der Waals surface area contributed by atoms with E-state index >= 15 is 0 Å². The van der Waals surface area contributed by atoms with Crippen molar-refractivity contribution >= 4 is 11.9 Å². The van der Waals surface area contributed by atoms with E-state index in [4.69, 9.17) is 0 Å². The van der Waals surface area contributed by atoms with Gasteiger partial charge in [-0.05, 0) is 12.8 Å². The molecule has 1 saturated heterocycles. The zero-order valence-electron chi connectivity index (χ0n) is 10.7. The third-order valence-electron chi connectivity index (χ3n) is 3.67. The van der Waals surface area contributed by atoms with E-state index in [0.717, 1.165) is 25.7 Å². The van der Waals surface area contributed by atoms with Gasteiger partial charge in [-0.1, -0.05) is 31.9 Å². The summed E-state index contributed by atoms with van der Waals surface area (Å²) < 4.78 is 0. The highest BCUT2D eigenvalue weighted by Crippen LogP contribution is 2.27. The Hall–Kier alpha value is -1.58. The average molecular weight is 248 g/mol. The first kappa shape index (κ1) is 12.9. The SMILES string of the molecule is C=CCN1CC(=C)C(=O)N(C2CCCCC2)C1=O. The van der Waals surface area contributed by atoms with Crippen molar-refractivity contribution < 1.29 is 9.59 Å². The maximum atomic E-state index is 12.3. The van der Waals surface area contributed by atoms with Gasteiger partial charge >= 0.3 is 6.03 Å². The van der Waals surface area contributed by atoms with Gasteiger partial charge in [0.1, 0.15) is 0 Å². The van der Waals surface area contributed by atoms with Crippen LogP contribution in [0.3, 0.4) is 0 Å². The molecule has 0 unspecified atom stereocenters. The Morgan fingerprint density at radius 2 is 1.89 bits per heavy atom. The second-order valence-electron chi connectivity index (χ2n) is 5.02. The monoisotopic (exact) mass is 248 g/mol. The summed E-state index contributed by atoms with van der Waals surface area (Å²) in [6.07, 6.45) is 6.91. The third kappa shape index (κ3) is 2.33. The highest BCUT2D eigenvalue weighted by Gasteiger charge is 2.38. The summed E-state index contributed by atoms with van der Waals surface area (Å²) >= 11 is 0. The number of carbonyl (C=O) groups is 2. The maximum Gasteiger partial charge on any atom is 0.327 e. The topological polar surface area (TPSA) is 40.6 Å². The zero-order chi connectivity index (χ0) is 13.1. The fourth-order valence-corrected chi connectivity index (χ4v) is 2.73. The molecule has 1 heterocycles. The van der Waals surface area contributed by atoms with Crippen LogP contribution in [0.1, 0.15) is 32.1 Å². The van der Waals surface area contributed by atoms with E-state index in [9.17, 15) is 9.59 Å². The largest absolute Gasteiger partial charge is 0.327 e. The minimum absolute atomic E-state index is 0.0584. The first-order chi connectivity index (χ1) is 8.65. The van der Waals surface area contributed by atoms with Crippen molar-refractivity contribution in [2.45, 2.75) is 38.1 Å². The first-order valence-corrected chi connectivity index (χ1v) is 6.56. The van der Waals surface area contributed by atoms with Gasteiger partial charge in [0.2, 0.25) is 0 Å². The van der Waals surface area contributed by atoms with Crippen LogP contribution in [0.15, 0.2) is 24.8 Å². The van der Waals surface area contributed by atoms with Crippen LogP contribution in [-0.2, 0) is 4.79 Å². The predicted octanol–water partition coefficient (Wildman–Crippen LogP) is 2.33. The van der Waals surface area contributed by atoms with Crippen molar-refractivity contribution in [3.05, 3.63) is 24.8 Å². The summed E-state index contributed by atoms with van der Waals surface area (Å²) in [7, 11) is 0. The van der Waals surface area contributed by atoms with Crippen LogP contribution in [0, 0.1) is 0 Å². The summed E-state index contributed by atoms with van der Waals surface area (Å²) in [4.78, 5) is 27.5. The van der Waals surface area contributed by atoms with E-state index in [0.29, 0.717) is 18.7 Å². The molecule has 2 fully saturated rings. The van der Waals surface area contributed by atoms with E-state index in [1.54, 1.807) is 11.0 Å². The molecular formula is C14H20N2O2. The van der Waals surface area contributed by atoms with Crippen LogP contribution < -0.4 is 0 Å². The Morgan fingerprint density at radius 1 is 1.22 bits per heavy atom. The van der Waals surface area contributed by atoms with Gasteiger partial charge in [0, 0.05) is 18.2 Å². The Morgan fingerprint density at radius 3 is 2.50 bits per heavy atom. The average Bonchev–Trinajstić information content (AvgIpc) is 2.38. The fourth-order valence-electron chi connectivity index (χ4n) is 2.73. The summed E-state index contributed by atoms with van der Waals surface area (Å²) in [5.41, 5.74) is 0.502. The van der Waals surface area contributed by atoms with E-state index in [-0.39, 0.29) is 18.0 Å². The van der Waals surface area contributed by atoms with Crippen molar-refractivity contribution in [1.29, 1.82) is 0 Å². The lowest BCUT2D eigenvalue weighted by molar-refractivity contribution is -0.128. The number of rotatable bonds is 3. The van der Waals surface area contributed by atoms with Gasteiger partial charge in [-0.3, -0.25) is 9.69 Å². The third-order valence-corrected chi connectivity index (χ3v) is 3.67. The summed E-state index contributed by atoms with van der Waals surface area (Å²) in [6.45, 7) is 8.22. The van der Waals surface area contributed by atoms with Gasteiger partial charge in [0.05, 0.1) is 6.54 Å². The van der Waals surface area contributed by atoms with E-state index in [1.165, 1.54) is 11.3 Å². The molecule has 1 saturated carbocycles. The molecule has 4 heteroatoms. The Bertz CT molecular complexity index is 383. The Labute approximate surface area is 108 Å². The second kappa shape index (κ2) is 5.38. The number of urea groups is 1. The van der Waals surface area contributed by atoms with Crippen molar-refractivity contribution in [3.63, 3.8) is 0 Å². The van der Waals surface area contributed by atoms with Crippen LogP contribution >= 0.6 is 0 Å². The molecule has 4 nitrogen and oxygen atoms in total. The lowest BCUT2D eigenvalue weighted by atomic mass is 9.93. The minimum atomic E-state index is -0.188. The minimum Gasteiger partial charge on any atom is -0.316 e. The summed E-state index contributed by atoms with van der Waals surface area (Å²) in [5, 5.41) is 0. The van der Waals surface area contributed by atoms with Crippen molar-refractivity contribution in [1.82, 2.24) is 9.80 Å². The number of imide groups is 1. The molecule has 0 atom stereocenters. The molecule has 0 radical (unpaired) electrons. The zero-order valence-corrected chi connectivity index (χ0v) is 10.7. The molecular weight excluding hydrogens is 228 g/mol. The summed E-state index contributed by atoms with van der Waals surface area (Å²) in [5.74, 6) is -0.188. The van der Waals surface area contributed by atoms with Gasteiger partial charge in [0.15, 0.2) is 0 Å². The molecule has 0 aromatic heterocycles. The van der Waals surface area contributed by atoms with Crippen molar-refractivity contribution in [2.24, 2.45) is 0 Å². The molecule has 18 heavy (non-hydrogen) atoms. The lowest BCUT2D eigenvalue weighted by Crippen LogP contribution is -2.57. The van der Waals surface area contributed by atoms with E-state index in [1.807, 2.05) is 0 Å². The molecule has 3 amide bonds. The number of hydrogen-bond donors (Lipinski definition) is 0. The van der Waals surface area contributed by atoms with Gasteiger partial charge in [0.25, 0.3) is 5.91 Å². The lowest BCUT2D eigenvalue weighted by Gasteiger charge is -2.40. The number of nitrogens with zero attached hydrogens (tertiary/aromatic N) is 2. The molecule has 0 bridgehead atoms. The Balaban J connectivity index is 2.18. The normalized spacial score (nSPS) is 22.6. The van der Waals surface area contributed by atoms with Gasteiger partial charge < -0.3 is 4.90 Å². The first-order valence-electron chi connectivity index (χ1n) is 6.56. The molecule has 0 spiro atoms. The fraction of sp³-hybridized carbons (Fsp3) is 0.571. The molecule has 98 valence electrons. The number of hydrogen-bond acceptors (Lipinski definition) is 2. The second-order valence-corrected chi connectivity index (χ2v) is 5.02. The quantitative estimate of drug-likeness (QED) is 0.568. The molecule has 2 aliphatic rings. The van der Waals surface area contributed by atoms with Crippen molar-refractivity contribution in [2.75, 3.05) is 13.1 Å². The van der Waals surface area contributed by atoms with E-state index < -0.39 is 0 Å². The standard InChI is InChI=1S/C14H20N2O2/c1-3-9-15-10-11(2)13(17)16(14(15)18)12-7-5-4-6-8-12/h3,12H,1-2,4-10H2. The predicted molar refractivity (Wildman–Crippen MR) is 70.0 cm³/mol. The van der Waals surface area contributed by atoms with Gasteiger partial charge in [-0.15, -0.1) is 6.58 Å². The van der Waals surface area contributed by atoms with Crippen molar-refractivity contribution in [3.8, 4) is 0 Å². The number of carbonyl (C=O) groups excluding carboxylic acids is 2.